The van der Waals surface area contributed by atoms with Gasteiger partial charge in [-0.05, 0) is 24.9 Å². The summed E-state index contributed by atoms with van der Waals surface area (Å²) in [5.41, 5.74) is 7.34. The van der Waals surface area contributed by atoms with Crippen LogP contribution in [0.2, 0.25) is 0 Å². The molecule has 0 unspecified atom stereocenters. The SMILES string of the molecule is NC(=O)c1ncc(CCCNCc2ccccc2)[nH]1. The van der Waals surface area contributed by atoms with Crippen molar-refractivity contribution >= 4 is 5.91 Å². The molecule has 0 radical (unpaired) electrons. The summed E-state index contributed by atoms with van der Waals surface area (Å²) in [4.78, 5) is 17.7. The zero-order valence-electron chi connectivity index (χ0n) is 10.7. The quantitative estimate of drug-likeness (QED) is 0.653. The van der Waals surface area contributed by atoms with Gasteiger partial charge in [-0.15, -0.1) is 0 Å². The minimum Gasteiger partial charge on any atom is -0.363 e. The summed E-state index contributed by atoms with van der Waals surface area (Å²) in [6.07, 6.45) is 3.49. The van der Waals surface area contributed by atoms with Gasteiger partial charge in [0.05, 0.1) is 0 Å². The van der Waals surface area contributed by atoms with Gasteiger partial charge >= 0.3 is 0 Å². The molecule has 0 atom stereocenters. The topological polar surface area (TPSA) is 83.8 Å². The van der Waals surface area contributed by atoms with Gasteiger partial charge in [0.2, 0.25) is 0 Å². The smallest absolute Gasteiger partial charge is 0.284 e. The van der Waals surface area contributed by atoms with Gasteiger partial charge in [-0.25, -0.2) is 4.98 Å². The summed E-state index contributed by atoms with van der Waals surface area (Å²) in [6, 6.07) is 10.3. The lowest BCUT2D eigenvalue weighted by molar-refractivity contribution is 0.0991. The minimum atomic E-state index is -0.520. The van der Waals surface area contributed by atoms with E-state index in [-0.39, 0.29) is 5.82 Å². The molecule has 1 heterocycles. The molecule has 0 saturated heterocycles. The summed E-state index contributed by atoms with van der Waals surface area (Å²) in [5.74, 6) is -0.291. The predicted octanol–water partition coefficient (Wildman–Crippen LogP) is 1.23. The van der Waals surface area contributed by atoms with Crippen LogP contribution in [0.15, 0.2) is 36.5 Å². The molecule has 0 aliphatic heterocycles. The van der Waals surface area contributed by atoms with Crippen molar-refractivity contribution in [2.75, 3.05) is 6.54 Å². The standard InChI is InChI=1S/C14H18N4O/c15-13(19)14-17-10-12(18-14)7-4-8-16-9-11-5-2-1-3-6-11/h1-3,5-6,10,16H,4,7-9H2,(H2,15,19)(H,17,18). The number of carbonyl (C=O) groups is 1. The van der Waals surface area contributed by atoms with Gasteiger partial charge in [0, 0.05) is 18.4 Å². The number of nitrogens with zero attached hydrogens (tertiary/aromatic N) is 1. The number of H-pyrrole nitrogens is 1. The number of hydrogen-bond acceptors (Lipinski definition) is 3. The summed E-state index contributed by atoms with van der Waals surface area (Å²) in [7, 11) is 0. The summed E-state index contributed by atoms with van der Waals surface area (Å²) < 4.78 is 0. The Labute approximate surface area is 112 Å². The molecule has 0 spiro atoms. The first-order valence-electron chi connectivity index (χ1n) is 6.34. The number of hydrogen-bond donors (Lipinski definition) is 3. The van der Waals surface area contributed by atoms with E-state index in [4.69, 9.17) is 5.73 Å². The van der Waals surface area contributed by atoms with E-state index in [1.165, 1.54) is 5.56 Å². The average Bonchev–Trinajstić information content (AvgIpc) is 2.89. The molecule has 0 aliphatic carbocycles. The first kappa shape index (κ1) is 13.3. The van der Waals surface area contributed by atoms with E-state index in [0.29, 0.717) is 0 Å². The van der Waals surface area contributed by atoms with Crippen molar-refractivity contribution in [1.82, 2.24) is 15.3 Å². The van der Waals surface area contributed by atoms with E-state index < -0.39 is 5.91 Å². The van der Waals surface area contributed by atoms with Crippen molar-refractivity contribution in [3.8, 4) is 0 Å². The van der Waals surface area contributed by atoms with Crippen molar-refractivity contribution in [3.63, 3.8) is 0 Å². The van der Waals surface area contributed by atoms with Crippen LogP contribution in [-0.2, 0) is 13.0 Å². The molecule has 19 heavy (non-hydrogen) atoms. The Balaban J connectivity index is 1.65. The van der Waals surface area contributed by atoms with Gasteiger partial charge in [0.15, 0.2) is 5.82 Å². The highest BCUT2D eigenvalue weighted by molar-refractivity contribution is 5.88. The number of rotatable bonds is 7. The Bertz CT molecular complexity index is 521. The van der Waals surface area contributed by atoms with E-state index in [1.807, 2.05) is 18.2 Å². The Kier molecular flexibility index (Phi) is 4.69. The fourth-order valence-corrected chi connectivity index (χ4v) is 1.84. The van der Waals surface area contributed by atoms with Gasteiger partial charge in [-0.3, -0.25) is 4.79 Å². The van der Waals surface area contributed by atoms with Gasteiger partial charge in [0.1, 0.15) is 0 Å². The number of imidazole rings is 1. The van der Waals surface area contributed by atoms with Crippen molar-refractivity contribution < 1.29 is 4.79 Å². The van der Waals surface area contributed by atoms with Gasteiger partial charge in [-0.2, -0.15) is 0 Å². The number of primary amides is 1. The Morgan fingerprint density at radius 1 is 1.32 bits per heavy atom. The van der Waals surface area contributed by atoms with Crippen molar-refractivity contribution in [2.45, 2.75) is 19.4 Å². The first-order chi connectivity index (χ1) is 9.25. The third-order valence-corrected chi connectivity index (χ3v) is 2.83. The second kappa shape index (κ2) is 6.70. The second-order valence-corrected chi connectivity index (χ2v) is 4.39. The number of nitrogens with two attached hydrogens (primary N) is 1. The number of benzene rings is 1. The van der Waals surface area contributed by atoms with Crippen LogP contribution < -0.4 is 11.1 Å². The van der Waals surface area contributed by atoms with Crippen LogP contribution in [0.1, 0.15) is 28.3 Å². The minimum absolute atomic E-state index is 0.229. The second-order valence-electron chi connectivity index (χ2n) is 4.39. The summed E-state index contributed by atoms with van der Waals surface area (Å²) in [6.45, 7) is 1.79. The van der Waals surface area contributed by atoms with Crippen molar-refractivity contribution in [1.29, 1.82) is 0 Å². The molecule has 1 aromatic carbocycles. The number of aromatic amines is 1. The van der Waals surface area contributed by atoms with Crippen molar-refractivity contribution in [2.24, 2.45) is 5.73 Å². The lowest BCUT2D eigenvalue weighted by Gasteiger charge is -2.04. The van der Waals surface area contributed by atoms with E-state index in [2.05, 4.69) is 27.4 Å². The molecule has 0 bridgehead atoms. The third kappa shape index (κ3) is 4.22. The number of amides is 1. The zero-order chi connectivity index (χ0) is 13.5. The first-order valence-corrected chi connectivity index (χ1v) is 6.34. The van der Waals surface area contributed by atoms with Crippen LogP contribution in [0.25, 0.3) is 0 Å². The lowest BCUT2D eigenvalue weighted by Crippen LogP contribution is -2.15. The highest BCUT2D eigenvalue weighted by Gasteiger charge is 2.04. The largest absolute Gasteiger partial charge is 0.363 e. The Hall–Kier alpha value is -2.14. The molecule has 2 aromatic rings. The molecule has 1 aromatic heterocycles. The van der Waals surface area contributed by atoms with Crippen molar-refractivity contribution in [3.05, 3.63) is 53.6 Å². The van der Waals surface area contributed by atoms with Gasteiger partial charge in [0.25, 0.3) is 5.91 Å². The molecule has 2 rings (SSSR count). The molecule has 5 heteroatoms. The van der Waals surface area contributed by atoms with Crippen LogP contribution in [0, 0.1) is 0 Å². The van der Waals surface area contributed by atoms with Crippen LogP contribution >= 0.6 is 0 Å². The fraction of sp³-hybridized carbons (Fsp3) is 0.286. The molecule has 0 aliphatic rings. The van der Waals surface area contributed by atoms with Crippen LogP contribution in [0.5, 0.6) is 0 Å². The molecule has 0 saturated carbocycles. The third-order valence-electron chi connectivity index (χ3n) is 2.83. The Morgan fingerprint density at radius 2 is 2.11 bits per heavy atom. The maximum atomic E-state index is 10.9. The van der Waals surface area contributed by atoms with Crippen LogP contribution in [0.3, 0.4) is 0 Å². The average molecular weight is 258 g/mol. The van der Waals surface area contributed by atoms with E-state index in [0.717, 1.165) is 31.6 Å². The molecule has 5 nitrogen and oxygen atoms in total. The molecular weight excluding hydrogens is 240 g/mol. The van der Waals surface area contributed by atoms with Gasteiger partial charge < -0.3 is 16.0 Å². The summed E-state index contributed by atoms with van der Waals surface area (Å²) in [5, 5.41) is 3.38. The molecule has 100 valence electrons. The maximum Gasteiger partial charge on any atom is 0.284 e. The predicted molar refractivity (Wildman–Crippen MR) is 73.6 cm³/mol. The number of aryl methyl sites for hydroxylation is 1. The molecular formula is C14H18N4O. The number of carbonyl (C=O) groups excluding carboxylic acids is 1. The number of aromatic nitrogens is 2. The molecule has 1 amide bonds. The summed E-state index contributed by atoms with van der Waals surface area (Å²) >= 11 is 0. The van der Waals surface area contributed by atoms with Crippen LogP contribution in [-0.4, -0.2) is 22.4 Å². The zero-order valence-corrected chi connectivity index (χ0v) is 10.7. The Morgan fingerprint density at radius 3 is 2.79 bits per heavy atom. The fourth-order valence-electron chi connectivity index (χ4n) is 1.84. The maximum absolute atomic E-state index is 10.9. The van der Waals surface area contributed by atoms with E-state index in [9.17, 15) is 4.79 Å². The molecule has 0 fully saturated rings. The highest BCUT2D eigenvalue weighted by atomic mass is 16.1. The molecule has 4 N–H and O–H groups in total. The van der Waals surface area contributed by atoms with Crippen LogP contribution in [0.4, 0.5) is 0 Å². The monoisotopic (exact) mass is 258 g/mol. The number of nitrogens with one attached hydrogen (secondary N) is 2. The van der Waals surface area contributed by atoms with Gasteiger partial charge in [-0.1, -0.05) is 30.3 Å². The normalized spacial score (nSPS) is 10.5. The van der Waals surface area contributed by atoms with E-state index >= 15 is 0 Å². The highest BCUT2D eigenvalue weighted by Crippen LogP contribution is 2.01. The van der Waals surface area contributed by atoms with E-state index in [1.54, 1.807) is 6.20 Å². The lowest BCUT2D eigenvalue weighted by atomic mass is 10.2.